The molecule has 24 nitrogen and oxygen atoms in total. The smallest absolute Gasteiger partial charge is 0.246 e. The molecule has 0 spiro atoms. The van der Waals surface area contributed by atoms with Gasteiger partial charge in [0.05, 0.1) is 19.5 Å². The molecular formula is C60H98N12O12. The van der Waals surface area contributed by atoms with E-state index in [-0.39, 0.29) is 43.4 Å². The summed E-state index contributed by atoms with van der Waals surface area (Å²) in [5, 5.41) is 13.6. The number of rotatable bonds is 10. The van der Waals surface area contributed by atoms with E-state index in [9.17, 15) is 57.5 Å². The number of carbonyl (C=O) groups excluding carboxylic acids is 12. The van der Waals surface area contributed by atoms with E-state index in [1.807, 2.05) is 41.5 Å². The lowest BCUT2D eigenvalue weighted by atomic mass is 9.99. The van der Waals surface area contributed by atoms with Gasteiger partial charge < -0.3 is 60.9 Å². The highest BCUT2D eigenvalue weighted by molar-refractivity contribution is 5.99. The normalized spacial score (nSPS) is 26.2. The van der Waals surface area contributed by atoms with Gasteiger partial charge >= 0.3 is 0 Å². The molecule has 0 aromatic heterocycles. The van der Waals surface area contributed by atoms with E-state index < -0.39 is 151 Å². The predicted molar refractivity (Wildman–Crippen MR) is 317 cm³/mol. The molecule has 84 heavy (non-hydrogen) atoms. The Hall–Kier alpha value is -7.14. The summed E-state index contributed by atoms with van der Waals surface area (Å²) >= 11 is 0. The van der Waals surface area contributed by atoms with Crippen LogP contribution < -0.4 is 26.6 Å². The number of benzene rings is 1. The average molecular weight is 1180 g/mol. The SMILES string of the molecule is CC(C)C[C@@H]1NC(=O)[C@H](C)N(C)C(=O)[C@H](CC(C)C)NC(=O)[C@H](Cc2ccccc2)N(C)C(=O)[C@H](C)NC(=O)CN(C)C(=O)[C@H](CC(C)C)NC(=O)[C@H](C)N(C)C(=O)C[C@@H](C(=O)N2CCCCC2)N(C)C(=O)[C@H](C(C)C)N(C)C(=O)CNC1=O. The Balaban J connectivity index is 2.15. The van der Waals surface area contributed by atoms with Gasteiger partial charge in [-0.3, -0.25) is 57.5 Å². The van der Waals surface area contributed by atoms with Crippen LogP contribution in [-0.4, -0.2) is 228 Å². The maximum atomic E-state index is 14.7. The van der Waals surface area contributed by atoms with Crippen LogP contribution in [0.1, 0.15) is 127 Å². The van der Waals surface area contributed by atoms with Crippen molar-refractivity contribution in [1.29, 1.82) is 0 Å². The molecule has 0 aliphatic carbocycles. The van der Waals surface area contributed by atoms with Crippen molar-refractivity contribution in [2.75, 3.05) is 68.5 Å². The van der Waals surface area contributed by atoms with E-state index in [1.165, 1.54) is 72.9 Å². The third kappa shape index (κ3) is 20.3. The lowest BCUT2D eigenvalue weighted by Crippen LogP contribution is -2.60. The zero-order chi connectivity index (χ0) is 63.6. The molecule has 0 radical (unpaired) electrons. The van der Waals surface area contributed by atoms with Crippen molar-refractivity contribution in [2.45, 2.75) is 182 Å². The number of hydrogen-bond donors (Lipinski definition) is 5. The van der Waals surface area contributed by atoms with Crippen LogP contribution >= 0.6 is 0 Å². The number of nitrogens with zero attached hydrogens (tertiary/aromatic N) is 7. The second-order valence-corrected chi connectivity index (χ2v) is 24.5. The van der Waals surface area contributed by atoms with E-state index in [0.717, 1.165) is 26.0 Å². The lowest BCUT2D eigenvalue weighted by molar-refractivity contribution is -0.154. The molecule has 2 saturated heterocycles. The molecule has 1 aromatic carbocycles. The average Bonchev–Trinajstić information content (AvgIpc) is 3.55. The second kappa shape index (κ2) is 32.8. The van der Waals surface area contributed by atoms with Gasteiger partial charge in [0.2, 0.25) is 70.9 Å². The van der Waals surface area contributed by atoms with Crippen LogP contribution in [0.5, 0.6) is 0 Å². The first kappa shape index (κ1) is 71.1. The molecule has 2 aliphatic rings. The fourth-order valence-corrected chi connectivity index (χ4v) is 10.4. The highest BCUT2D eigenvalue weighted by Gasteiger charge is 2.42. The van der Waals surface area contributed by atoms with Crippen molar-refractivity contribution < 1.29 is 57.5 Å². The number of likely N-dealkylation sites (tertiary alicyclic amines) is 1. The Kier molecular flexibility index (Phi) is 27.8. The molecule has 0 unspecified atom stereocenters. The molecule has 2 aliphatic heterocycles. The summed E-state index contributed by atoms with van der Waals surface area (Å²) in [6.07, 6.45) is 2.16. The Labute approximate surface area is 497 Å². The fraction of sp³-hybridized carbons (Fsp3) is 0.700. The Morgan fingerprint density at radius 3 is 1.56 bits per heavy atom. The van der Waals surface area contributed by atoms with E-state index >= 15 is 0 Å². The zero-order valence-electron chi connectivity index (χ0n) is 52.9. The van der Waals surface area contributed by atoms with Crippen LogP contribution in [-0.2, 0) is 64.0 Å². The van der Waals surface area contributed by atoms with Gasteiger partial charge in [0.15, 0.2) is 0 Å². The number of hydrogen-bond acceptors (Lipinski definition) is 12. The minimum absolute atomic E-state index is 0.00345. The fourth-order valence-electron chi connectivity index (χ4n) is 10.4. The van der Waals surface area contributed by atoms with Crippen LogP contribution in [0.2, 0.25) is 0 Å². The quantitative estimate of drug-likeness (QED) is 0.221. The predicted octanol–water partition coefficient (Wildman–Crippen LogP) is 1.15. The molecule has 470 valence electrons. The molecule has 12 amide bonds. The topological polar surface area (TPSA) is 288 Å². The van der Waals surface area contributed by atoms with Crippen molar-refractivity contribution in [3.8, 4) is 0 Å². The molecule has 24 heteroatoms. The highest BCUT2D eigenvalue weighted by Crippen LogP contribution is 2.21. The third-order valence-electron chi connectivity index (χ3n) is 15.8. The monoisotopic (exact) mass is 1180 g/mol. The second-order valence-electron chi connectivity index (χ2n) is 24.5. The van der Waals surface area contributed by atoms with Gasteiger partial charge in [0.1, 0.15) is 54.4 Å². The molecule has 9 atom stereocenters. The minimum Gasteiger partial charge on any atom is -0.345 e. The first-order valence-electron chi connectivity index (χ1n) is 29.6. The van der Waals surface area contributed by atoms with Gasteiger partial charge in [-0.1, -0.05) is 85.7 Å². The summed E-state index contributed by atoms with van der Waals surface area (Å²) in [6.45, 7) is 18.5. The first-order valence-corrected chi connectivity index (χ1v) is 29.6. The molecule has 0 saturated carbocycles. The summed E-state index contributed by atoms with van der Waals surface area (Å²) in [4.78, 5) is 179. The van der Waals surface area contributed by atoms with E-state index in [2.05, 4.69) is 26.6 Å². The molecule has 1 aromatic rings. The van der Waals surface area contributed by atoms with Crippen molar-refractivity contribution in [2.24, 2.45) is 23.7 Å². The van der Waals surface area contributed by atoms with E-state index in [1.54, 1.807) is 49.1 Å². The molecular weight excluding hydrogens is 1080 g/mol. The Morgan fingerprint density at radius 1 is 0.524 bits per heavy atom. The van der Waals surface area contributed by atoms with Gasteiger partial charge in [-0.25, -0.2) is 0 Å². The zero-order valence-corrected chi connectivity index (χ0v) is 52.9. The van der Waals surface area contributed by atoms with Crippen LogP contribution in [0, 0.1) is 23.7 Å². The van der Waals surface area contributed by atoms with Gasteiger partial charge in [0.25, 0.3) is 0 Å². The maximum absolute atomic E-state index is 14.7. The van der Waals surface area contributed by atoms with Gasteiger partial charge in [-0.15, -0.1) is 0 Å². The van der Waals surface area contributed by atoms with Crippen LogP contribution in [0.3, 0.4) is 0 Å². The Bertz CT molecular complexity index is 2490. The van der Waals surface area contributed by atoms with Gasteiger partial charge in [-0.05, 0) is 88.5 Å². The number of piperidine rings is 1. The van der Waals surface area contributed by atoms with Gasteiger partial charge in [0, 0.05) is 61.8 Å². The van der Waals surface area contributed by atoms with Crippen molar-refractivity contribution in [1.82, 2.24) is 60.9 Å². The van der Waals surface area contributed by atoms with E-state index in [0.29, 0.717) is 31.5 Å². The van der Waals surface area contributed by atoms with Crippen molar-refractivity contribution in [3.05, 3.63) is 35.9 Å². The molecule has 0 bridgehead atoms. The lowest BCUT2D eigenvalue weighted by Gasteiger charge is -2.39. The van der Waals surface area contributed by atoms with Crippen molar-refractivity contribution >= 4 is 70.9 Å². The summed E-state index contributed by atoms with van der Waals surface area (Å²) in [5.74, 6) is -8.99. The highest BCUT2D eigenvalue weighted by atomic mass is 16.2. The molecule has 2 fully saturated rings. The standard InChI is InChI=1S/C60H98N12O12/c1-35(2)28-43-54(78)61-33-50(75)71(17)51(38(7)8)60(84)70(16)47(59(83)72-26-22-19-23-27-72)32-49(74)67(13)40(10)52(76)64-44(29-36(3)4)57(81)66(12)34-48(73)62-39(9)56(80)69(15)46(31-42-24-20-18-21-25-42)55(79)65-45(30-37(5)6)58(82)68(14)41(11)53(77)63-43/h18,20-21,24-25,35-41,43-47,51H,19,22-23,26-34H2,1-17H3,(H,61,78)(H,62,73)(H,63,77)(H,64,76)(H,65,79)/t39-,40-,41-,43-,44-,45-,46-,47-,51-/m0/s1. The summed E-state index contributed by atoms with van der Waals surface area (Å²) < 4.78 is 0. The largest absolute Gasteiger partial charge is 0.345 e. The van der Waals surface area contributed by atoms with Gasteiger partial charge in [-0.2, -0.15) is 0 Å². The summed E-state index contributed by atoms with van der Waals surface area (Å²) in [5.41, 5.74) is 0.681. The van der Waals surface area contributed by atoms with E-state index in [4.69, 9.17) is 0 Å². The van der Waals surface area contributed by atoms with Crippen LogP contribution in [0.15, 0.2) is 30.3 Å². The number of carbonyl (C=O) groups is 12. The number of likely N-dealkylation sites (N-methyl/N-ethyl adjacent to an activating group) is 6. The third-order valence-corrected chi connectivity index (χ3v) is 15.8. The number of amides is 12. The van der Waals surface area contributed by atoms with Crippen LogP contribution in [0.25, 0.3) is 0 Å². The molecule has 2 heterocycles. The van der Waals surface area contributed by atoms with Crippen molar-refractivity contribution in [3.63, 3.8) is 0 Å². The number of nitrogens with one attached hydrogen (secondary N) is 5. The summed E-state index contributed by atoms with van der Waals surface area (Å²) in [6, 6.07) is -2.07. The minimum atomic E-state index is -1.37. The molecule has 5 N–H and O–H groups in total. The molecule has 3 rings (SSSR count). The maximum Gasteiger partial charge on any atom is 0.246 e. The summed E-state index contributed by atoms with van der Waals surface area (Å²) in [7, 11) is 8.31. The van der Waals surface area contributed by atoms with Crippen LogP contribution in [0.4, 0.5) is 0 Å². The Morgan fingerprint density at radius 2 is 1.02 bits per heavy atom. The first-order chi connectivity index (χ1) is 39.2.